The summed E-state index contributed by atoms with van der Waals surface area (Å²) < 4.78 is 6.87. The number of hydrogen-bond donors (Lipinski definition) is 1. The lowest BCUT2D eigenvalue weighted by Crippen LogP contribution is -2.46. The average Bonchev–Trinajstić information content (AvgIpc) is 2.98. The minimum Gasteiger partial charge on any atom is -0.377 e. The van der Waals surface area contributed by atoms with Gasteiger partial charge in [0, 0.05) is 23.6 Å². The summed E-state index contributed by atoms with van der Waals surface area (Å²) in [4.78, 5) is 3.76. The number of hydrogen-bond acceptors (Lipinski definition) is 4. The van der Waals surface area contributed by atoms with Gasteiger partial charge < -0.3 is 10.5 Å². The Kier molecular flexibility index (Phi) is 5.43. The number of nitrogens with zero attached hydrogens (tertiary/aromatic N) is 1. The normalized spacial score (nSPS) is 26.8. The summed E-state index contributed by atoms with van der Waals surface area (Å²) in [5.74, 6) is 0. The van der Waals surface area contributed by atoms with Gasteiger partial charge in [0.25, 0.3) is 0 Å². The molecule has 1 aliphatic heterocycles. The van der Waals surface area contributed by atoms with Gasteiger partial charge in [-0.15, -0.1) is 11.3 Å². The molecule has 1 aromatic rings. The van der Waals surface area contributed by atoms with Crippen LogP contribution in [-0.4, -0.2) is 36.7 Å². The van der Waals surface area contributed by atoms with Crippen LogP contribution in [0.25, 0.3) is 0 Å². The van der Waals surface area contributed by atoms with Gasteiger partial charge in [-0.25, -0.2) is 0 Å². The van der Waals surface area contributed by atoms with E-state index in [-0.39, 0.29) is 12.1 Å². The Morgan fingerprint density at radius 3 is 2.79 bits per heavy atom. The maximum Gasteiger partial charge on any atom is 0.0703 e. The Bertz CT molecular complexity index is 412. The highest BCUT2D eigenvalue weighted by molar-refractivity contribution is 9.11. The van der Waals surface area contributed by atoms with Gasteiger partial charge in [-0.2, -0.15) is 0 Å². The third-order valence-corrected chi connectivity index (χ3v) is 5.75. The summed E-state index contributed by atoms with van der Waals surface area (Å²) >= 11 is 5.33. The zero-order valence-corrected chi connectivity index (χ0v) is 14.2. The van der Waals surface area contributed by atoms with E-state index in [0.29, 0.717) is 12.1 Å². The summed E-state index contributed by atoms with van der Waals surface area (Å²) in [6.45, 7) is 5.17. The molecule has 1 saturated heterocycles. The zero-order valence-electron chi connectivity index (χ0n) is 11.8. The van der Waals surface area contributed by atoms with E-state index < -0.39 is 0 Å². The molecule has 0 aromatic carbocycles. The fraction of sp³-hybridized carbons (Fsp3) is 0.714. The SMILES string of the molecule is CCC(N)C(c1ccc(Br)s1)N(C)C1CCOC1C. The highest BCUT2D eigenvalue weighted by Gasteiger charge is 2.35. The number of likely N-dealkylation sites (N-methyl/N-ethyl adjacent to an activating group) is 1. The quantitative estimate of drug-likeness (QED) is 0.887. The van der Waals surface area contributed by atoms with Crippen LogP contribution in [0.5, 0.6) is 0 Å². The molecular weight excluding hydrogens is 324 g/mol. The predicted molar refractivity (Wildman–Crippen MR) is 84.6 cm³/mol. The second-order valence-electron chi connectivity index (χ2n) is 5.26. The molecule has 108 valence electrons. The van der Waals surface area contributed by atoms with Crippen molar-refractivity contribution in [3.63, 3.8) is 0 Å². The Morgan fingerprint density at radius 1 is 1.58 bits per heavy atom. The molecule has 1 aliphatic rings. The number of rotatable bonds is 5. The fourth-order valence-corrected chi connectivity index (χ4v) is 4.54. The van der Waals surface area contributed by atoms with Crippen LogP contribution in [0.1, 0.15) is 37.6 Å². The van der Waals surface area contributed by atoms with Crippen molar-refractivity contribution in [1.29, 1.82) is 0 Å². The first kappa shape index (κ1) is 15.4. The minimum absolute atomic E-state index is 0.156. The highest BCUT2D eigenvalue weighted by Crippen LogP contribution is 2.35. The van der Waals surface area contributed by atoms with Crippen LogP contribution >= 0.6 is 27.3 Å². The summed E-state index contributed by atoms with van der Waals surface area (Å²) in [7, 11) is 2.18. The molecule has 0 radical (unpaired) electrons. The molecular formula is C14H23BrN2OS. The molecule has 0 spiro atoms. The van der Waals surface area contributed by atoms with E-state index in [1.807, 2.05) is 0 Å². The molecule has 4 unspecified atom stereocenters. The summed E-state index contributed by atoms with van der Waals surface area (Å²) in [6, 6.07) is 5.19. The van der Waals surface area contributed by atoms with Crippen LogP contribution in [0.15, 0.2) is 15.9 Å². The number of nitrogens with two attached hydrogens (primary N) is 1. The van der Waals surface area contributed by atoms with E-state index in [1.165, 1.54) is 8.66 Å². The average molecular weight is 347 g/mol. The van der Waals surface area contributed by atoms with Crippen LogP contribution in [0.4, 0.5) is 0 Å². The highest BCUT2D eigenvalue weighted by atomic mass is 79.9. The first-order chi connectivity index (χ1) is 9.04. The number of ether oxygens (including phenoxy) is 1. The fourth-order valence-electron chi connectivity index (χ4n) is 2.89. The molecule has 0 amide bonds. The molecule has 4 atom stereocenters. The monoisotopic (exact) mass is 346 g/mol. The zero-order chi connectivity index (χ0) is 14.0. The van der Waals surface area contributed by atoms with E-state index in [2.05, 4.69) is 53.9 Å². The maximum atomic E-state index is 6.38. The molecule has 2 N–H and O–H groups in total. The van der Waals surface area contributed by atoms with Crippen LogP contribution in [0.3, 0.4) is 0 Å². The molecule has 19 heavy (non-hydrogen) atoms. The number of thiophene rings is 1. The van der Waals surface area contributed by atoms with Crippen molar-refractivity contribution in [2.24, 2.45) is 5.73 Å². The van der Waals surface area contributed by atoms with Crippen molar-refractivity contribution in [3.05, 3.63) is 20.8 Å². The molecule has 0 saturated carbocycles. The van der Waals surface area contributed by atoms with E-state index >= 15 is 0 Å². The molecule has 2 rings (SSSR count). The number of halogens is 1. The van der Waals surface area contributed by atoms with Crippen molar-refractivity contribution in [3.8, 4) is 0 Å². The van der Waals surface area contributed by atoms with Gasteiger partial charge in [-0.05, 0) is 54.9 Å². The van der Waals surface area contributed by atoms with Gasteiger partial charge in [0.15, 0.2) is 0 Å². The molecule has 5 heteroatoms. The Hall–Kier alpha value is 0.0600. The summed E-state index contributed by atoms with van der Waals surface area (Å²) in [5.41, 5.74) is 6.38. The second-order valence-corrected chi connectivity index (χ2v) is 7.75. The van der Waals surface area contributed by atoms with E-state index in [0.717, 1.165) is 19.4 Å². The molecule has 1 fully saturated rings. The Balaban J connectivity index is 2.22. The third-order valence-electron chi connectivity index (χ3n) is 4.06. The lowest BCUT2D eigenvalue weighted by molar-refractivity contribution is 0.0617. The van der Waals surface area contributed by atoms with Gasteiger partial charge in [-0.1, -0.05) is 6.92 Å². The van der Waals surface area contributed by atoms with Crippen molar-refractivity contribution in [2.75, 3.05) is 13.7 Å². The van der Waals surface area contributed by atoms with E-state index in [9.17, 15) is 0 Å². The topological polar surface area (TPSA) is 38.5 Å². The largest absolute Gasteiger partial charge is 0.377 e. The molecule has 0 bridgehead atoms. The van der Waals surface area contributed by atoms with Crippen molar-refractivity contribution >= 4 is 27.3 Å². The second kappa shape index (κ2) is 6.68. The van der Waals surface area contributed by atoms with Crippen LogP contribution < -0.4 is 5.73 Å². The molecule has 0 aliphatic carbocycles. The minimum atomic E-state index is 0.156. The molecule has 1 aromatic heterocycles. The van der Waals surface area contributed by atoms with Gasteiger partial charge in [0.2, 0.25) is 0 Å². The molecule has 2 heterocycles. The molecule has 3 nitrogen and oxygen atoms in total. The lowest BCUT2D eigenvalue weighted by atomic mass is 9.99. The van der Waals surface area contributed by atoms with E-state index in [4.69, 9.17) is 10.5 Å². The third kappa shape index (κ3) is 3.39. The van der Waals surface area contributed by atoms with Gasteiger partial charge >= 0.3 is 0 Å². The van der Waals surface area contributed by atoms with Gasteiger partial charge in [-0.3, -0.25) is 4.90 Å². The standard InChI is InChI=1S/C14H23BrN2OS/c1-4-10(16)14(12-5-6-13(15)19-12)17(3)11-7-8-18-9(11)2/h5-6,9-11,14H,4,7-8,16H2,1-3H3. The summed E-state index contributed by atoms with van der Waals surface area (Å²) in [5, 5.41) is 0. The lowest BCUT2D eigenvalue weighted by Gasteiger charge is -2.37. The Labute approximate surface area is 128 Å². The van der Waals surface area contributed by atoms with Crippen LogP contribution in [-0.2, 0) is 4.74 Å². The van der Waals surface area contributed by atoms with Crippen LogP contribution in [0, 0.1) is 0 Å². The smallest absolute Gasteiger partial charge is 0.0703 e. The van der Waals surface area contributed by atoms with Gasteiger partial charge in [0.05, 0.1) is 15.9 Å². The van der Waals surface area contributed by atoms with Crippen molar-refractivity contribution in [2.45, 2.75) is 50.9 Å². The predicted octanol–water partition coefficient (Wildman–Crippen LogP) is 3.40. The maximum absolute atomic E-state index is 6.38. The Morgan fingerprint density at radius 2 is 2.32 bits per heavy atom. The first-order valence-electron chi connectivity index (χ1n) is 6.89. The van der Waals surface area contributed by atoms with Crippen molar-refractivity contribution < 1.29 is 4.74 Å². The summed E-state index contributed by atoms with van der Waals surface area (Å²) in [6.07, 6.45) is 2.36. The van der Waals surface area contributed by atoms with Gasteiger partial charge in [0.1, 0.15) is 0 Å². The first-order valence-corrected chi connectivity index (χ1v) is 8.50. The van der Waals surface area contributed by atoms with Crippen LogP contribution in [0.2, 0.25) is 0 Å². The van der Waals surface area contributed by atoms with Crippen molar-refractivity contribution in [1.82, 2.24) is 4.90 Å². The van der Waals surface area contributed by atoms with E-state index in [1.54, 1.807) is 11.3 Å².